The fourth-order valence-electron chi connectivity index (χ4n) is 1.42. The van der Waals surface area contributed by atoms with Crippen molar-refractivity contribution in [3.63, 3.8) is 0 Å². The summed E-state index contributed by atoms with van der Waals surface area (Å²) in [6.07, 6.45) is 1.28. The van der Waals surface area contributed by atoms with Gasteiger partial charge in [0.15, 0.2) is 4.21 Å². The number of sulfonamides is 1. The summed E-state index contributed by atoms with van der Waals surface area (Å²) < 4.78 is 40.4. The maximum Gasteiger partial charge on any atom is 0.273 e. The molecule has 0 aliphatic rings. The van der Waals surface area contributed by atoms with Gasteiger partial charge in [0.2, 0.25) is 0 Å². The minimum atomic E-state index is -3.72. The van der Waals surface area contributed by atoms with Crippen molar-refractivity contribution in [2.45, 2.75) is 18.1 Å². The van der Waals surface area contributed by atoms with Gasteiger partial charge >= 0.3 is 0 Å². The van der Waals surface area contributed by atoms with Crippen LogP contribution in [0.15, 0.2) is 27.0 Å². The van der Waals surface area contributed by atoms with E-state index in [-0.39, 0.29) is 9.90 Å². The summed E-state index contributed by atoms with van der Waals surface area (Å²) in [4.78, 5) is 3.90. The van der Waals surface area contributed by atoms with Gasteiger partial charge in [-0.25, -0.2) is 17.8 Å². The van der Waals surface area contributed by atoms with Crippen LogP contribution in [0, 0.1) is 19.7 Å². The number of nitrogens with zero attached hydrogens (tertiary/aromatic N) is 1. The highest BCUT2D eigenvalue weighted by molar-refractivity contribution is 9.10. The number of nitrogens with one attached hydrogen (secondary N) is 1. The summed E-state index contributed by atoms with van der Waals surface area (Å²) in [5.74, 6) is -0.524. The number of hydrogen-bond acceptors (Lipinski definition) is 4. The Labute approximate surface area is 122 Å². The van der Waals surface area contributed by atoms with Gasteiger partial charge in [-0.1, -0.05) is 0 Å². The molecule has 0 bridgehead atoms. The van der Waals surface area contributed by atoms with Gasteiger partial charge in [-0.2, -0.15) is 0 Å². The normalized spacial score (nSPS) is 11.6. The summed E-state index contributed by atoms with van der Waals surface area (Å²) in [6, 6.07) is 2.66. The van der Waals surface area contributed by atoms with E-state index in [1.54, 1.807) is 13.8 Å². The molecule has 1 aromatic carbocycles. The molecule has 4 nitrogen and oxygen atoms in total. The van der Waals surface area contributed by atoms with Crippen LogP contribution in [0.25, 0.3) is 0 Å². The van der Waals surface area contributed by atoms with E-state index in [0.29, 0.717) is 15.0 Å². The zero-order valence-corrected chi connectivity index (χ0v) is 13.3. The Morgan fingerprint density at radius 3 is 2.63 bits per heavy atom. The molecule has 2 rings (SSSR count). The summed E-state index contributed by atoms with van der Waals surface area (Å²) >= 11 is 4.11. The summed E-state index contributed by atoms with van der Waals surface area (Å²) in [7, 11) is -3.72. The van der Waals surface area contributed by atoms with Crippen molar-refractivity contribution in [2.75, 3.05) is 4.72 Å². The predicted octanol–water partition coefficient (Wildman–Crippen LogP) is 3.46. The smallest absolute Gasteiger partial charge is 0.273 e. The third kappa shape index (κ3) is 3.13. The zero-order chi connectivity index (χ0) is 14.2. The molecule has 1 aromatic heterocycles. The topological polar surface area (TPSA) is 59.1 Å². The molecule has 102 valence electrons. The Morgan fingerprint density at radius 1 is 1.37 bits per heavy atom. The van der Waals surface area contributed by atoms with E-state index >= 15 is 0 Å². The van der Waals surface area contributed by atoms with Crippen LogP contribution in [0.4, 0.5) is 10.1 Å². The molecule has 1 heterocycles. The van der Waals surface area contributed by atoms with Gasteiger partial charge in [0, 0.05) is 0 Å². The Hall–Kier alpha value is -0.990. The lowest BCUT2D eigenvalue weighted by molar-refractivity contribution is 0.602. The van der Waals surface area contributed by atoms with E-state index < -0.39 is 15.8 Å². The molecule has 0 spiro atoms. The molecule has 0 saturated heterocycles. The molecule has 0 radical (unpaired) electrons. The van der Waals surface area contributed by atoms with Gasteiger partial charge in [0.1, 0.15) is 5.82 Å². The number of rotatable bonds is 3. The summed E-state index contributed by atoms with van der Waals surface area (Å²) in [6.45, 7) is 3.41. The van der Waals surface area contributed by atoms with Gasteiger partial charge in [0.25, 0.3) is 10.0 Å². The number of anilines is 1. The number of thiazole rings is 1. The molecule has 0 saturated carbocycles. The van der Waals surface area contributed by atoms with Crippen molar-refractivity contribution in [1.29, 1.82) is 0 Å². The number of halogens is 2. The van der Waals surface area contributed by atoms with Crippen LogP contribution in [-0.4, -0.2) is 13.4 Å². The third-order valence-electron chi connectivity index (χ3n) is 2.38. The first-order valence-corrected chi connectivity index (χ1v) is 8.30. The van der Waals surface area contributed by atoms with Gasteiger partial charge in [-0.15, -0.1) is 11.3 Å². The van der Waals surface area contributed by atoms with Crippen LogP contribution in [0.1, 0.15) is 10.6 Å². The highest BCUT2D eigenvalue weighted by atomic mass is 79.9. The van der Waals surface area contributed by atoms with E-state index in [0.717, 1.165) is 17.4 Å². The van der Waals surface area contributed by atoms with Gasteiger partial charge in [0.05, 0.1) is 21.4 Å². The first-order valence-electron chi connectivity index (χ1n) is 5.20. The Kier molecular flexibility index (Phi) is 3.93. The molecule has 0 fully saturated rings. The van der Waals surface area contributed by atoms with E-state index in [4.69, 9.17) is 0 Å². The zero-order valence-electron chi connectivity index (χ0n) is 10.1. The van der Waals surface area contributed by atoms with Crippen LogP contribution in [0.3, 0.4) is 0 Å². The van der Waals surface area contributed by atoms with Crippen LogP contribution < -0.4 is 4.72 Å². The second kappa shape index (κ2) is 5.18. The molecule has 2 aromatic rings. The quantitative estimate of drug-likeness (QED) is 0.906. The first-order chi connectivity index (χ1) is 8.79. The molecule has 8 heteroatoms. The average Bonchev–Trinajstić information content (AvgIpc) is 2.73. The number of aromatic nitrogens is 1. The lowest BCUT2D eigenvalue weighted by atomic mass is 10.2. The second-order valence-electron chi connectivity index (χ2n) is 3.89. The van der Waals surface area contributed by atoms with Crippen LogP contribution in [0.2, 0.25) is 0 Å². The van der Waals surface area contributed by atoms with E-state index in [2.05, 4.69) is 25.6 Å². The standard InChI is InChI=1S/C11H10BrFN2O2S2/c1-6-3-8(12)9(13)4-10(6)15-19(16,17)11-5-14-7(2)18-11/h3-5,15H,1-2H3. The SMILES string of the molecule is Cc1ncc(S(=O)(=O)Nc2cc(F)c(Br)cc2C)s1. The lowest BCUT2D eigenvalue weighted by Crippen LogP contribution is -2.12. The molecule has 19 heavy (non-hydrogen) atoms. The maximum atomic E-state index is 13.4. The Balaban J connectivity index is 2.38. The van der Waals surface area contributed by atoms with E-state index in [9.17, 15) is 12.8 Å². The van der Waals surface area contributed by atoms with Crippen molar-refractivity contribution >= 4 is 43.0 Å². The fourth-order valence-corrected chi connectivity index (χ4v) is 4.10. The summed E-state index contributed by atoms with van der Waals surface area (Å²) in [5, 5.41) is 0.652. The van der Waals surface area contributed by atoms with Gasteiger partial charge in [-0.05, 0) is 47.5 Å². The minimum Gasteiger partial charge on any atom is -0.279 e. The Morgan fingerprint density at radius 2 is 2.05 bits per heavy atom. The first kappa shape index (κ1) is 14.4. The van der Waals surface area contributed by atoms with Crippen LogP contribution >= 0.6 is 27.3 Å². The number of benzene rings is 1. The van der Waals surface area contributed by atoms with Crippen LogP contribution in [0.5, 0.6) is 0 Å². The lowest BCUT2D eigenvalue weighted by Gasteiger charge is -2.10. The highest BCUT2D eigenvalue weighted by Gasteiger charge is 2.19. The second-order valence-corrected chi connectivity index (χ2v) is 7.88. The average molecular weight is 365 g/mol. The van der Waals surface area contributed by atoms with Crippen molar-refractivity contribution in [3.05, 3.63) is 39.2 Å². The maximum absolute atomic E-state index is 13.4. The number of hydrogen-bond donors (Lipinski definition) is 1. The number of aryl methyl sites for hydroxylation is 2. The molecule has 0 atom stereocenters. The summed E-state index contributed by atoms with van der Waals surface area (Å²) in [5.41, 5.74) is 0.838. The van der Waals surface area contributed by atoms with Crippen molar-refractivity contribution in [3.8, 4) is 0 Å². The molecule has 0 aliphatic heterocycles. The van der Waals surface area contributed by atoms with E-state index in [1.165, 1.54) is 12.3 Å². The third-order valence-corrected chi connectivity index (χ3v) is 5.72. The monoisotopic (exact) mass is 364 g/mol. The van der Waals surface area contributed by atoms with Crippen molar-refractivity contribution < 1.29 is 12.8 Å². The molecular formula is C11H10BrFN2O2S2. The molecular weight excluding hydrogens is 355 g/mol. The molecule has 0 amide bonds. The highest BCUT2D eigenvalue weighted by Crippen LogP contribution is 2.27. The van der Waals surface area contributed by atoms with Gasteiger partial charge in [-0.3, -0.25) is 4.72 Å². The molecule has 0 unspecified atom stereocenters. The predicted molar refractivity (Wildman–Crippen MR) is 76.5 cm³/mol. The molecule has 0 aliphatic carbocycles. The van der Waals surface area contributed by atoms with Gasteiger partial charge < -0.3 is 0 Å². The molecule has 1 N–H and O–H groups in total. The van der Waals surface area contributed by atoms with E-state index in [1.807, 2.05) is 0 Å². The van der Waals surface area contributed by atoms with Crippen molar-refractivity contribution in [2.24, 2.45) is 0 Å². The Bertz CT molecular complexity index is 728. The minimum absolute atomic E-state index is 0.104. The largest absolute Gasteiger partial charge is 0.279 e. The van der Waals surface area contributed by atoms with Crippen LogP contribution in [-0.2, 0) is 10.0 Å². The van der Waals surface area contributed by atoms with Crippen molar-refractivity contribution in [1.82, 2.24) is 4.98 Å². The fraction of sp³-hybridized carbons (Fsp3) is 0.182.